The first-order valence-corrected chi connectivity index (χ1v) is 4.67. The summed E-state index contributed by atoms with van der Waals surface area (Å²) in [5.74, 6) is -1.19. The van der Waals surface area contributed by atoms with Crippen molar-refractivity contribution in [2.45, 2.75) is 25.0 Å². The smallest absolute Gasteiger partial charge is 0.336 e. The molecule has 0 bridgehead atoms. The molecule has 0 amide bonds. The normalized spacial score (nSPS) is 26.4. The third-order valence-corrected chi connectivity index (χ3v) is 2.55. The largest absolute Gasteiger partial charge is 0.479 e. The van der Waals surface area contributed by atoms with Gasteiger partial charge >= 0.3 is 5.97 Å². The molecule has 1 aliphatic heterocycles. The molecule has 0 saturated carbocycles. The van der Waals surface area contributed by atoms with Crippen LogP contribution in [0.15, 0.2) is 0 Å². The van der Waals surface area contributed by atoms with Crippen molar-refractivity contribution in [2.75, 3.05) is 26.8 Å². The van der Waals surface area contributed by atoms with E-state index < -0.39 is 11.6 Å². The average molecular weight is 203 g/mol. The van der Waals surface area contributed by atoms with E-state index in [4.69, 9.17) is 9.84 Å². The maximum absolute atomic E-state index is 10.7. The summed E-state index contributed by atoms with van der Waals surface area (Å²) in [6.07, 6.45) is 0.895. The van der Waals surface area contributed by atoms with Crippen LogP contribution < -0.4 is 0 Å². The van der Waals surface area contributed by atoms with Crippen LogP contribution in [0.5, 0.6) is 0 Å². The van der Waals surface area contributed by atoms with E-state index >= 15 is 0 Å². The molecule has 1 saturated heterocycles. The van der Waals surface area contributed by atoms with Crippen molar-refractivity contribution in [3.05, 3.63) is 0 Å². The number of ether oxygens (including phenoxy) is 1. The molecule has 1 rings (SSSR count). The minimum atomic E-state index is -1.68. The Morgan fingerprint density at radius 2 is 2.36 bits per heavy atom. The van der Waals surface area contributed by atoms with Gasteiger partial charge in [-0.05, 0) is 20.4 Å². The molecule has 1 heterocycles. The summed E-state index contributed by atoms with van der Waals surface area (Å²) in [4.78, 5) is 12.5. The molecule has 0 aromatic heterocycles. The van der Waals surface area contributed by atoms with Crippen molar-refractivity contribution in [3.63, 3.8) is 0 Å². The monoisotopic (exact) mass is 203 g/mol. The van der Waals surface area contributed by atoms with Crippen LogP contribution in [0, 0.1) is 0 Å². The van der Waals surface area contributed by atoms with Crippen molar-refractivity contribution in [1.29, 1.82) is 0 Å². The average Bonchev–Trinajstić information content (AvgIpc) is 2.54. The third kappa shape index (κ3) is 2.67. The van der Waals surface area contributed by atoms with Crippen molar-refractivity contribution < 1.29 is 19.7 Å². The molecule has 0 aromatic carbocycles. The zero-order valence-electron chi connectivity index (χ0n) is 8.56. The fraction of sp³-hybridized carbons (Fsp3) is 0.889. The van der Waals surface area contributed by atoms with E-state index in [-0.39, 0.29) is 12.6 Å². The number of likely N-dealkylation sites (N-methyl/N-ethyl adjacent to an activating group) is 1. The second-order valence-corrected chi connectivity index (χ2v) is 4.01. The van der Waals surface area contributed by atoms with Gasteiger partial charge in [-0.1, -0.05) is 0 Å². The number of hydrogen-bond acceptors (Lipinski definition) is 4. The number of aliphatic carboxylic acids is 1. The second kappa shape index (κ2) is 4.25. The molecule has 5 nitrogen and oxygen atoms in total. The predicted octanol–water partition coefficient (Wildman–Crippen LogP) is -0.457. The Balaban J connectivity index is 2.46. The van der Waals surface area contributed by atoms with Gasteiger partial charge in [0.1, 0.15) is 0 Å². The first-order chi connectivity index (χ1) is 6.43. The first kappa shape index (κ1) is 11.4. The van der Waals surface area contributed by atoms with E-state index in [1.54, 1.807) is 7.05 Å². The minimum Gasteiger partial charge on any atom is -0.479 e. The van der Waals surface area contributed by atoms with Crippen molar-refractivity contribution in [3.8, 4) is 0 Å². The van der Waals surface area contributed by atoms with Gasteiger partial charge in [0.2, 0.25) is 0 Å². The molecule has 5 heteroatoms. The molecular weight excluding hydrogens is 186 g/mol. The number of carboxylic acid groups (broad SMARTS) is 1. The Hall–Kier alpha value is -0.650. The molecule has 2 unspecified atom stereocenters. The summed E-state index contributed by atoms with van der Waals surface area (Å²) < 4.78 is 5.18. The molecule has 0 aliphatic carbocycles. The molecule has 1 aliphatic rings. The van der Waals surface area contributed by atoms with Gasteiger partial charge < -0.3 is 14.9 Å². The van der Waals surface area contributed by atoms with Crippen LogP contribution in [0.3, 0.4) is 0 Å². The summed E-state index contributed by atoms with van der Waals surface area (Å²) in [6, 6.07) is 0.223. The number of carboxylic acids is 1. The Bertz CT molecular complexity index is 211. The lowest BCUT2D eigenvalue weighted by atomic mass is 10.1. The van der Waals surface area contributed by atoms with Gasteiger partial charge in [0.25, 0.3) is 0 Å². The molecular formula is C9H17NO4. The lowest BCUT2D eigenvalue weighted by molar-refractivity contribution is -0.158. The first-order valence-electron chi connectivity index (χ1n) is 4.67. The van der Waals surface area contributed by atoms with Crippen LogP contribution >= 0.6 is 0 Å². The van der Waals surface area contributed by atoms with Gasteiger partial charge in [-0.15, -0.1) is 0 Å². The summed E-state index contributed by atoms with van der Waals surface area (Å²) in [6.45, 7) is 2.76. The number of aliphatic hydroxyl groups is 1. The van der Waals surface area contributed by atoms with Gasteiger partial charge in [0, 0.05) is 19.2 Å². The van der Waals surface area contributed by atoms with E-state index in [1.807, 2.05) is 4.90 Å². The van der Waals surface area contributed by atoms with Crippen molar-refractivity contribution in [2.24, 2.45) is 0 Å². The lowest BCUT2D eigenvalue weighted by Gasteiger charge is -2.29. The number of hydrogen-bond donors (Lipinski definition) is 2. The van der Waals surface area contributed by atoms with Crippen LogP contribution in [-0.4, -0.2) is 59.5 Å². The molecule has 0 aromatic rings. The van der Waals surface area contributed by atoms with Crippen LogP contribution in [0.4, 0.5) is 0 Å². The lowest BCUT2D eigenvalue weighted by Crippen LogP contribution is -2.48. The van der Waals surface area contributed by atoms with Gasteiger partial charge in [0.05, 0.1) is 6.61 Å². The van der Waals surface area contributed by atoms with Crippen LogP contribution in [0.2, 0.25) is 0 Å². The maximum atomic E-state index is 10.7. The molecule has 0 spiro atoms. The van der Waals surface area contributed by atoms with Crippen molar-refractivity contribution in [1.82, 2.24) is 4.90 Å². The van der Waals surface area contributed by atoms with Gasteiger partial charge in [0.15, 0.2) is 5.60 Å². The van der Waals surface area contributed by atoms with E-state index in [0.717, 1.165) is 6.42 Å². The Morgan fingerprint density at radius 3 is 2.79 bits per heavy atom. The number of rotatable bonds is 4. The van der Waals surface area contributed by atoms with Crippen LogP contribution in [0.1, 0.15) is 13.3 Å². The fourth-order valence-electron chi connectivity index (χ4n) is 1.55. The minimum absolute atomic E-state index is 0.121. The third-order valence-electron chi connectivity index (χ3n) is 2.55. The highest BCUT2D eigenvalue weighted by Gasteiger charge is 2.34. The highest BCUT2D eigenvalue weighted by Crippen LogP contribution is 2.14. The highest BCUT2D eigenvalue weighted by molar-refractivity contribution is 5.76. The summed E-state index contributed by atoms with van der Waals surface area (Å²) in [5.41, 5.74) is -1.68. The molecule has 0 radical (unpaired) electrons. The van der Waals surface area contributed by atoms with Gasteiger partial charge in [-0.2, -0.15) is 0 Å². The standard InChI is InChI=1S/C9H17NO4/c1-9(13,8(11)12)6-10(2)7-3-4-14-5-7/h7,13H,3-6H2,1-2H3,(H,11,12). The molecule has 82 valence electrons. The van der Waals surface area contributed by atoms with Gasteiger partial charge in [-0.25, -0.2) is 4.79 Å². The molecule has 14 heavy (non-hydrogen) atoms. The van der Waals surface area contributed by atoms with Gasteiger partial charge in [-0.3, -0.25) is 4.90 Å². The molecule has 2 N–H and O–H groups in total. The Labute approximate surface area is 83.3 Å². The highest BCUT2D eigenvalue weighted by atomic mass is 16.5. The topological polar surface area (TPSA) is 70.0 Å². The molecule has 1 fully saturated rings. The zero-order valence-corrected chi connectivity index (χ0v) is 8.56. The predicted molar refractivity (Wildman–Crippen MR) is 50.1 cm³/mol. The Morgan fingerprint density at radius 1 is 1.71 bits per heavy atom. The Kier molecular flexibility index (Phi) is 3.47. The quantitative estimate of drug-likeness (QED) is 0.647. The van der Waals surface area contributed by atoms with E-state index in [0.29, 0.717) is 13.2 Å². The maximum Gasteiger partial charge on any atom is 0.336 e. The van der Waals surface area contributed by atoms with E-state index in [1.165, 1.54) is 6.92 Å². The summed E-state index contributed by atoms with van der Waals surface area (Å²) >= 11 is 0. The summed E-state index contributed by atoms with van der Waals surface area (Å²) in [5, 5.41) is 18.3. The number of carbonyl (C=O) groups is 1. The van der Waals surface area contributed by atoms with Crippen LogP contribution in [0.25, 0.3) is 0 Å². The number of nitrogens with zero attached hydrogens (tertiary/aromatic N) is 1. The van der Waals surface area contributed by atoms with E-state index in [9.17, 15) is 9.90 Å². The SMILES string of the molecule is CN(CC(C)(O)C(=O)O)C1CCOC1. The fourth-order valence-corrected chi connectivity index (χ4v) is 1.55. The second-order valence-electron chi connectivity index (χ2n) is 4.01. The van der Waals surface area contributed by atoms with Crippen molar-refractivity contribution >= 4 is 5.97 Å². The molecule has 2 atom stereocenters. The summed E-state index contributed by atoms with van der Waals surface area (Å²) in [7, 11) is 1.80. The van der Waals surface area contributed by atoms with Crippen LogP contribution in [-0.2, 0) is 9.53 Å². The zero-order chi connectivity index (χ0) is 10.8. The van der Waals surface area contributed by atoms with E-state index in [2.05, 4.69) is 0 Å².